The second-order valence-corrected chi connectivity index (χ2v) is 6.29. The van der Waals surface area contributed by atoms with Crippen LogP contribution in [0.3, 0.4) is 0 Å². The summed E-state index contributed by atoms with van der Waals surface area (Å²) in [4.78, 5) is 12.5. The molecule has 0 saturated carbocycles. The van der Waals surface area contributed by atoms with Crippen LogP contribution >= 0.6 is 0 Å². The molecule has 3 rings (SSSR count). The minimum Gasteiger partial charge on any atom is -0.355 e. The molecule has 122 valence electrons. The number of carbonyl (C=O) groups is 1. The molecule has 1 amide bonds. The van der Waals surface area contributed by atoms with Crippen molar-refractivity contribution in [1.82, 2.24) is 20.4 Å². The van der Waals surface area contributed by atoms with Crippen LogP contribution in [0, 0.1) is 12.8 Å². The van der Waals surface area contributed by atoms with E-state index in [0.29, 0.717) is 6.54 Å². The van der Waals surface area contributed by atoms with Crippen molar-refractivity contribution in [3.8, 4) is 0 Å². The molecule has 0 aliphatic carbocycles. The van der Waals surface area contributed by atoms with Crippen molar-refractivity contribution in [2.24, 2.45) is 13.0 Å². The summed E-state index contributed by atoms with van der Waals surface area (Å²) in [6, 6.07) is 8.32. The van der Waals surface area contributed by atoms with Crippen LogP contribution in [-0.4, -0.2) is 35.3 Å². The predicted molar refractivity (Wildman–Crippen MR) is 90.2 cm³/mol. The predicted octanol–water partition coefficient (Wildman–Crippen LogP) is 1.39. The van der Waals surface area contributed by atoms with Crippen LogP contribution in [0.1, 0.15) is 22.6 Å². The SMILES string of the molecule is Cc1ccccc1CCNC(=O)[C@H]1CNC[C@@H]1c1cnn(C)c1. The summed E-state index contributed by atoms with van der Waals surface area (Å²) in [7, 11) is 1.91. The Balaban J connectivity index is 1.56. The topological polar surface area (TPSA) is 59.0 Å². The largest absolute Gasteiger partial charge is 0.355 e. The average Bonchev–Trinajstić information content (AvgIpc) is 3.17. The Hall–Kier alpha value is -2.14. The molecule has 23 heavy (non-hydrogen) atoms. The summed E-state index contributed by atoms with van der Waals surface area (Å²) in [5.41, 5.74) is 3.70. The Labute approximate surface area is 137 Å². The third-order valence-electron chi connectivity index (χ3n) is 4.66. The number of aromatic nitrogens is 2. The third kappa shape index (κ3) is 3.62. The first-order chi connectivity index (χ1) is 11.1. The molecule has 1 fully saturated rings. The molecule has 0 radical (unpaired) electrons. The van der Waals surface area contributed by atoms with Crippen LogP contribution in [0.4, 0.5) is 0 Å². The fourth-order valence-corrected chi connectivity index (χ4v) is 3.28. The lowest BCUT2D eigenvalue weighted by Gasteiger charge is -2.17. The number of nitrogens with zero attached hydrogens (tertiary/aromatic N) is 2. The second-order valence-electron chi connectivity index (χ2n) is 6.29. The van der Waals surface area contributed by atoms with Gasteiger partial charge in [-0.25, -0.2) is 0 Å². The molecule has 2 aromatic rings. The Morgan fingerprint density at radius 3 is 2.96 bits per heavy atom. The van der Waals surface area contributed by atoms with Gasteiger partial charge in [0, 0.05) is 38.8 Å². The van der Waals surface area contributed by atoms with Gasteiger partial charge < -0.3 is 10.6 Å². The average molecular weight is 312 g/mol. The van der Waals surface area contributed by atoms with Crippen LogP contribution in [0.2, 0.25) is 0 Å². The maximum atomic E-state index is 12.5. The lowest BCUT2D eigenvalue weighted by molar-refractivity contribution is -0.124. The monoisotopic (exact) mass is 312 g/mol. The highest BCUT2D eigenvalue weighted by atomic mass is 16.1. The van der Waals surface area contributed by atoms with E-state index in [-0.39, 0.29) is 17.7 Å². The van der Waals surface area contributed by atoms with Crippen LogP contribution in [0.25, 0.3) is 0 Å². The molecular formula is C18H24N4O. The summed E-state index contributed by atoms with van der Waals surface area (Å²) in [5.74, 6) is 0.329. The quantitative estimate of drug-likeness (QED) is 0.877. The van der Waals surface area contributed by atoms with E-state index in [2.05, 4.69) is 34.8 Å². The molecule has 2 heterocycles. The lowest BCUT2D eigenvalue weighted by Crippen LogP contribution is -2.35. The Kier molecular flexibility index (Phi) is 4.76. The maximum Gasteiger partial charge on any atom is 0.225 e. The van der Waals surface area contributed by atoms with Gasteiger partial charge in [-0.15, -0.1) is 0 Å². The van der Waals surface area contributed by atoms with E-state index in [4.69, 9.17) is 0 Å². The molecular weight excluding hydrogens is 288 g/mol. The number of benzene rings is 1. The zero-order valence-electron chi connectivity index (χ0n) is 13.7. The van der Waals surface area contributed by atoms with Crippen molar-refractivity contribution in [3.05, 3.63) is 53.3 Å². The van der Waals surface area contributed by atoms with Gasteiger partial charge in [0.1, 0.15) is 0 Å². The van der Waals surface area contributed by atoms with Crippen molar-refractivity contribution in [2.75, 3.05) is 19.6 Å². The van der Waals surface area contributed by atoms with Gasteiger partial charge in [-0.2, -0.15) is 5.10 Å². The van der Waals surface area contributed by atoms with E-state index in [9.17, 15) is 4.79 Å². The zero-order valence-corrected chi connectivity index (χ0v) is 13.7. The number of hydrogen-bond donors (Lipinski definition) is 2. The van der Waals surface area contributed by atoms with Crippen molar-refractivity contribution in [1.29, 1.82) is 0 Å². The minimum absolute atomic E-state index is 0.0175. The molecule has 0 spiro atoms. The fraction of sp³-hybridized carbons (Fsp3) is 0.444. The number of amides is 1. The van der Waals surface area contributed by atoms with E-state index in [0.717, 1.165) is 25.1 Å². The van der Waals surface area contributed by atoms with E-state index in [1.54, 1.807) is 4.68 Å². The highest BCUT2D eigenvalue weighted by molar-refractivity contribution is 5.80. The Morgan fingerprint density at radius 1 is 1.39 bits per heavy atom. The number of carbonyl (C=O) groups excluding carboxylic acids is 1. The number of rotatable bonds is 5. The van der Waals surface area contributed by atoms with Crippen molar-refractivity contribution < 1.29 is 4.79 Å². The summed E-state index contributed by atoms with van der Waals surface area (Å²) >= 11 is 0. The molecule has 1 saturated heterocycles. The zero-order chi connectivity index (χ0) is 16.2. The minimum atomic E-state index is -0.0175. The highest BCUT2D eigenvalue weighted by Gasteiger charge is 2.34. The molecule has 1 aliphatic heterocycles. The number of hydrogen-bond acceptors (Lipinski definition) is 3. The molecule has 5 nitrogen and oxygen atoms in total. The molecule has 1 aromatic carbocycles. The summed E-state index contributed by atoms with van der Waals surface area (Å²) in [6.07, 6.45) is 4.74. The number of nitrogens with one attached hydrogen (secondary N) is 2. The van der Waals surface area contributed by atoms with E-state index < -0.39 is 0 Å². The van der Waals surface area contributed by atoms with Crippen LogP contribution in [-0.2, 0) is 18.3 Å². The van der Waals surface area contributed by atoms with Crippen molar-refractivity contribution in [2.45, 2.75) is 19.3 Å². The molecule has 1 aromatic heterocycles. The summed E-state index contributed by atoms with van der Waals surface area (Å²) in [6.45, 7) is 4.35. The maximum absolute atomic E-state index is 12.5. The van der Waals surface area contributed by atoms with Crippen molar-refractivity contribution >= 4 is 5.91 Å². The smallest absolute Gasteiger partial charge is 0.225 e. The lowest BCUT2D eigenvalue weighted by atomic mass is 9.90. The van der Waals surface area contributed by atoms with Crippen molar-refractivity contribution in [3.63, 3.8) is 0 Å². The summed E-state index contributed by atoms with van der Waals surface area (Å²) < 4.78 is 1.79. The first-order valence-electron chi connectivity index (χ1n) is 8.16. The fourth-order valence-electron chi connectivity index (χ4n) is 3.28. The molecule has 0 unspecified atom stereocenters. The van der Waals surface area contributed by atoms with Gasteiger partial charge in [0.2, 0.25) is 5.91 Å². The van der Waals surface area contributed by atoms with E-state index >= 15 is 0 Å². The van der Waals surface area contributed by atoms with Gasteiger partial charge in [-0.1, -0.05) is 24.3 Å². The van der Waals surface area contributed by atoms with Gasteiger partial charge in [0.25, 0.3) is 0 Å². The Morgan fingerprint density at radius 2 is 2.22 bits per heavy atom. The van der Waals surface area contributed by atoms with Gasteiger partial charge >= 0.3 is 0 Å². The molecule has 1 aliphatic rings. The van der Waals surface area contributed by atoms with Crippen LogP contribution in [0.15, 0.2) is 36.7 Å². The van der Waals surface area contributed by atoms with Gasteiger partial charge in [0.15, 0.2) is 0 Å². The van der Waals surface area contributed by atoms with Gasteiger partial charge in [-0.05, 0) is 30.0 Å². The third-order valence-corrected chi connectivity index (χ3v) is 4.66. The van der Waals surface area contributed by atoms with E-state index in [1.165, 1.54) is 11.1 Å². The number of aryl methyl sites for hydroxylation is 2. The first kappa shape index (κ1) is 15.7. The molecule has 2 N–H and O–H groups in total. The highest BCUT2D eigenvalue weighted by Crippen LogP contribution is 2.27. The second kappa shape index (κ2) is 6.96. The van der Waals surface area contributed by atoms with E-state index in [1.807, 2.05) is 31.6 Å². The molecule has 0 bridgehead atoms. The van der Waals surface area contributed by atoms with Crippen LogP contribution in [0.5, 0.6) is 0 Å². The standard InChI is InChI=1S/C18H24N4O/c1-13-5-3-4-6-14(13)7-8-20-18(23)17-11-19-10-16(17)15-9-21-22(2)12-15/h3-6,9,12,16-17,19H,7-8,10-11H2,1-2H3,(H,20,23)/t16-,17+/m1/s1. The first-order valence-corrected chi connectivity index (χ1v) is 8.16. The summed E-state index contributed by atoms with van der Waals surface area (Å²) in [5, 5.41) is 10.7. The normalized spacial score (nSPS) is 20.6. The van der Waals surface area contributed by atoms with Gasteiger partial charge in [-0.3, -0.25) is 9.48 Å². The van der Waals surface area contributed by atoms with Gasteiger partial charge in [0.05, 0.1) is 12.1 Å². The molecule has 2 atom stereocenters. The Bertz CT molecular complexity index is 679. The van der Waals surface area contributed by atoms with Crippen LogP contribution < -0.4 is 10.6 Å². The molecule has 5 heteroatoms.